The summed E-state index contributed by atoms with van der Waals surface area (Å²) in [6.45, 7) is 4.79. The quantitative estimate of drug-likeness (QED) is 0.453. The van der Waals surface area contributed by atoms with E-state index in [0.717, 1.165) is 0 Å². The number of aromatic amines is 1. The fourth-order valence-electron chi connectivity index (χ4n) is 3.53. The Labute approximate surface area is 191 Å². The lowest BCUT2D eigenvalue weighted by atomic mass is 10.1. The van der Waals surface area contributed by atoms with E-state index in [9.17, 15) is 18.0 Å². The third-order valence-corrected chi connectivity index (χ3v) is 6.37. The lowest BCUT2D eigenvalue weighted by molar-refractivity contribution is 0.101. The minimum atomic E-state index is -4.11. The second-order valence-electron chi connectivity index (χ2n) is 7.30. The number of Topliss-reactive ketones (excluding diaryl/α,β-unsaturated/α-hetero) is 1. The number of benzene rings is 2. The number of aryl methyl sites for hydroxylation is 1. The predicted octanol–water partition coefficient (Wildman–Crippen LogP) is 3.77. The number of H-pyrrole nitrogens is 1. The van der Waals surface area contributed by atoms with Crippen molar-refractivity contribution in [3.05, 3.63) is 70.5 Å². The number of anilines is 2. The number of amides is 1. The minimum absolute atomic E-state index is 0.0719. The first-order valence-corrected chi connectivity index (χ1v) is 11.3. The number of ether oxygens (including phenoxy) is 1. The van der Waals surface area contributed by atoms with Crippen molar-refractivity contribution in [1.82, 2.24) is 4.98 Å². The van der Waals surface area contributed by atoms with Crippen LogP contribution in [0.25, 0.3) is 0 Å². The maximum Gasteiger partial charge on any atom is 0.272 e. The van der Waals surface area contributed by atoms with Crippen LogP contribution in [0, 0.1) is 25.2 Å². The van der Waals surface area contributed by atoms with E-state index >= 15 is 0 Å². The van der Waals surface area contributed by atoms with Crippen molar-refractivity contribution in [3.8, 4) is 11.8 Å². The lowest BCUT2D eigenvalue weighted by Crippen LogP contribution is -2.17. The van der Waals surface area contributed by atoms with Gasteiger partial charge in [-0.3, -0.25) is 14.3 Å². The van der Waals surface area contributed by atoms with Crippen LogP contribution >= 0.6 is 0 Å². The molecule has 0 aliphatic carbocycles. The number of carbonyl (C=O) groups is 2. The summed E-state index contributed by atoms with van der Waals surface area (Å²) >= 11 is 0. The molecule has 1 aromatic heterocycles. The van der Waals surface area contributed by atoms with Crippen LogP contribution in [0.3, 0.4) is 0 Å². The van der Waals surface area contributed by atoms with Crippen molar-refractivity contribution in [1.29, 1.82) is 5.26 Å². The highest BCUT2D eigenvalue weighted by Gasteiger charge is 2.23. The molecule has 10 heteroatoms. The van der Waals surface area contributed by atoms with E-state index in [1.165, 1.54) is 44.4 Å². The smallest absolute Gasteiger partial charge is 0.272 e. The van der Waals surface area contributed by atoms with Gasteiger partial charge in [-0.15, -0.1) is 0 Å². The van der Waals surface area contributed by atoms with Gasteiger partial charge in [-0.25, -0.2) is 8.42 Å². The average molecular weight is 467 g/mol. The highest BCUT2D eigenvalue weighted by atomic mass is 32.2. The SMILES string of the molecule is COc1ccc(NC(=O)c2[nH]c(C)c(C(C)=O)c2C)cc1S(=O)(=O)Nc1cccc(C#N)c1. The summed E-state index contributed by atoms with van der Waals surface area (Å²) in [4.78, 5) is 27.4. The van der Waals surface area contributed by atoms with E-state index in [1.807, 2.05) is 6.07 Å². The van der Waals surface area contributed by atoms with Crippen LogP contribution in [0.4, 0.5) is 11.4 Å². The molecule has 0 aliphatic rings. The molecule has 9 nitrogen and oxygen atoms in total. The van der Waals surface area contributed by atoms with E-state index in [4.69, 9.17) is 10.00 Å². The summed E-state index contributed by atoms with van der Waals surface area (Å²) in [6.07, 6.45) is 0. The number of rotatable bonds is 7. The van der Waals surface area contributed by atoms with Gasteiger partial charge in [0.05, 0.1) is 24.4 Å². The second kappa shape index (κ2) is 9.18. The summed E-state index contributed by atoms with van der Waals surface area (Å²) < 4.78 is 33.7. The van der Waals surface area contributed by atoms with Crippen LogP contribution in [0.1, 0.15) is 44.6 Å². The molecule has 3 rings (SSSR count). The van der Waals surface area contributed by atoms with Crippen molar-refractivity contribution in [2.24, 2.45) is 0 Å². The Kier molecular flexibility index (Phi) is 6.55. The Morgan fingerprint density at radius 3 is 2.42 bits per heavy atom. The number of nitrogens with zero attached hydrogens (tertiary/aromatic N) is 1. The second-order valence-corrected chi connectivity index (χ2v) is 8.95. The number of hydrogen-bond donors (Lipinski definition) is 3. The van der Waals surface area contributed by atoms with Gasteiger partial charge < -0.3 is 15.0 Å². The molecule has 0 spiro atoms. The van der Waals surface area contributed by atoms with E-state index in [0.29, 0.717) is 22.4 Å². The van der Waals surface area contributed by atoms with Crippen LogP contribution < -0.4 is 14.8 Å². The maximum absolute atomic E-state index is 13.0. The third-order valence-electron chi connectivity index (χ3n) is 4.97. The molecule has 0 fully saturated rings. The molecule has 0 saturated carbocycles. The molecule has 170 valence electrons. The molecule has 0 aliphatic heterocycles. The fourth-order valence-corrected chi connectivity index (χ4v) is 4.77. The van der Waals surface area contributed by atoms with Crippen LogP contribution in [-0.2, 0) is 10.0 Å². The highest BCUT2D eigenvalue weighted by molar-refractivity contribution is 7.92. The number of aromatic nitrogens is 1. The summed E-state index contributed by atoms with van der Waals surface area (Å²) in [5, 5.41) is 11.7. The minimum Gasteiger partial charge on any atom is -0.495 e. The van der Waals surface area contributed by atoms with Crippen molar-refractivity contribution in [2.45, 2.75) is 25.7 Å². The van der Waals surface area contributed by atoms with Gasteiger partial charge in [0, 0.05) is 16.9 Å². The van der Waals surface area contributed by atoms with Crippen LogP contribution in [-0.4, -0.2) is 32.2 Å². The predicted molar refractivity (Wildman–Crippen MR) is 123 cm³/mol. The largest absolute Gasteiger partial charge is 0.495 e. The zero-order valence-corrected chi connectivity index (χ0v) is 19.3. The molecular formula is C23H22N4O5S. The number of methoxy groups -OCH3 is 1. The fraction of sp³-hybridized carbons (Fsp3) is 0.174. The van der Waals surface area contributed by atoms with E-state index in [2.05, 4.69) is 15.0 Å². The summed E-state index contributed by atoms with van der Waals surface area (Å²) in [5.74, 6) is -0.612. The number of hydrogen-bond acceptors (Lipinski definition) is 6. The summed E-state index contributed by atoms with van der Waals surface area (Å²) in [6, 6.07) is 12.2. The Bertz CT molecular complexity index is 1400. The number of sulfonamides is 1. The molecule has 0 atom stereocenters. The van der Waals surface area contributed by atoms with Gasteiger partial charge in [-0.05, 0) is 62.7 Å². The standard InChI is InChI=1S/C23H22N4O5S/c1-13-21(15(3)28)14(2)25-22(13)23(29)26-17-8-9-19(32-4)20(11-17)33(30,31)27-18-7-5-6-16(10-18)12-24/h5-11,25,27H,1-4H3,(H,26,29). The van der Waals surface area contributed by atoms with Gasteiger partial charge in [0.15, 0.2) is 5.78 Å². The molecule has 0 radical (unpaired) electrons. The van der Waals surface area contributed by atoms with Crippen LogP contribution in [0.5, 0.6) is 5.75 Å². The number of nitriles is 1. The Morgan fingerprint density at radius 2 is 1.82 bits per heavy atom. The molecule has 1 amide bonds. The molecule has 0 bridgehead atoms. The first-order chi connectivity index (χ1) is 15.6. The van der Waals surface area contributed by atoms with Gasteiger partial charge in [0.1, 0.15) is 16.3 Å². The van der Waals surface area contributed by atoms with Gasteiger partial charge in [0.2, 0.25) is 0 Å². The molecule has 3 N–H and O–H groups in total. The first kappa shape index (κ1) is 23.6. The molecule has 0 saturated heterocycles. The summed E-state index contributed by atoms with van der Waals surface area (Å²) in [5.41, 5.74) is 2.46. The lowest BCUT2D eigenvalue weighted by Gasteiger charge is -2.14. The van der Waals surface area contributed by atoms with Gasteiger partial charge in [-0.1, -0.05) is 6.07 Å². The van der Waals surface area contributed by atoms with E-state index in [1.54, 1.807) is 26.0 Å². The molecular weight excluding hydrogens is 444 g/mol. The highest BCUT2D eigenvalue weighted by Crippen LogP contribution is 2.29. The Hall–Kier alpha value is -4.10. The van der Waals surface area contributed by atoms with Gasteiger partial charge in [-0.2, -0.15) is 5.26 Å². The van der Waals surface area contributed by atoms with Crippen molar-refractivity contribution >= 4 is 33.1 Å². The zero-order valence-electron chi connectivity index (χ0n) is 18.4. The summed E-state index contributed by atoms with van der Waals surface area (Å²) in [7, 11) is -2.78. The van der Waals surface area contributed by atoms with Crippen molar-refractivity contribution in [2.75, 3.05) is 17.1 Å². The normalized spacial score (nSPS) is 10.9. The van der Waals surface area contributed by atoms with Crippen molar-refractivity contribution in [3.63, 3.8) is 0 Å². The van der Waals surface area contributed by atoms with Gasteiger partial charge in [0.25, 0.3) is 15.9 Å². The van der Waals surface area contributed by atoms with E-state index in [-0.39, 0.29) is 33.5 Å². The molecule has 2 aromatic carbocycles. The topological polar surface area (TPSA) is 141 Å². The average Bonchev–Trinajstić information content (AvgIpc) is 3.07. The van der Waals surface area contributed by atoms with Crippen LogP contribution in [0.15, 0.2) is 47.4 Å². The molecule has 3 aromatic rings. The van der Waals surface area contributed by atoms with E-state index < -0.39 is 15.9 Å². The first-order valence-electron chi connectivity index (χ1n) is 9.80. The van der Waals surface area contributed by atoms with Crippen molar-refractivity contribution < 1.29 is 22.7 Å². The molecule has 0 unspecified atom stereocenters. The molecule has 33 heavy (non-hydrogen) atoms. The van der Waals surface area contributed by atoms with Gasteiger partial charge >= 0.3 is 0 Å². The third kappa shape index (κ3) is 4.88. The Morgan fingerprint density at radius 1 is 1.09 bits per heavy atom. The Balaban J connectivity index is 1.94. The number of nitrogens with one attached hydrogen (secondary N) is 3. The maximum atomic E-state index is 13.0. The molecule has 1 heterocycles. The monoisotopic (exact) mass is 466 g/mol. The number of carbonyl (C=O) groups excluding carboxylic acids is 2. The van der Waals surface area contributed by atoms with Crippen LogP contribution in [0.2, 0.25) is 0 Å². The number of ketones is 1. The zero-order chi connectivity index (χ0) is 24.3.